The van der Waals surface area contributed by atoms with E-state index in [1.54, 1.807) is 0 Å². The van der Waals surface area contributed by atoms with Gasteiger partial charge in [-0.2, -0.15) is 0 Å². The van der Waals surface area contributed by atoms with E-state index in [9.17, 15) is 5.11 Å². The molecule has 0 radical (unpaired) electrons. The summed E-state index contributed by atoms with van der Waals surface area (Å²) in [5.74, 6) is 0. The molecule has 23 heavy (non-hydrogen) atoms. The lowest BCUT2D eigenvalue weighted by molar-refractivity contribution is 0.282. The van der Waals surface area contributed by atoms with Crippen LogP contribution in [0.25, 0.3) is 0 Å². The van der Waals surface area contributed by atoms with E-state index in [1.165, 1.54) is 5.56 Å². The van der Waals surface area contributed by atoms with Crippen molar-refractivity contribution in [2.24, 2.45) is 0 Å². The maximum atomic E-state index is 9.26. The lowest BCUT2D eigenvalue weighted by Crippen LogP contribution is -1.99. The molecule has 3 rings (SSSR count). The van der Waals surface area contributed by atoms with Crippen LogP contribution >= 0.6 is 0 Å². The molecule has 0 atom stereocenters. The second kappa shape index (κ2) is 7.56. The number of nitrogens with zero attached hydrogens (tertiary/aromatic N) is 1. The minimum Gasteiger partial charge on any atom is -0.392 e. The van der Waals surface area contributed by atoms with Crippen LogP contribution in [0.3, 0.4) is 0 Å². The third-order valence-electron chi connectivity index (χ3n) is 3.78. The van der Waals surface area contributed by atoms with Crippen LogP contribution in [0.2, 0.25) is 0 Å². The van der Waals surface area contributed by atoms with Crippen LogP contribution in [0.1, 0.15) is 16.8 Å². The number of anilines is 2. The number of pyridine rings is 1. The Morgan fingerprint density at radius 3 is 2.57 bits per heavy atom. The SMILES string of the molecule is OCc1cccc(Nc2ccccc2CCc2ccccn2)c1. The summed E-state index contributed by atoms with van der Waals surface area (Å²) in [5.41, 5.74) is 5.35. The number of rotatable bonds is 6. The Kier molecular flexibility index (Phi) is 5.02. The Morgan fingerprint density at radius 2 is 1.74 bits per heavy atom. The molecule has 0 spiro atoms. The molecule has 0 unspecified atom stereocenters. The average Bonchev–Trinajstić information content (AvgIpc) is 2.62. The van der Waals surface area contributed by atoms with Crippen molar-refractivity contribution in [3.8, 4) is 0 Å². The van der Waals surface area contributed by atoms with Crippen molar-refractivity contribution >= 4 is 11.4 Å². The van der Waals surface area contributed by atoms with Crippen molar-refractivity contribution in [1.29, 1.82) is 0 Å². The Labute approximate surface area is 136 Å². The van der Waals surface area contributed by atoms with Gasteiger partial charge in [-0.3, -0.25) is 4.98 Å². The first-order valence-corrected chi connectivity index (χ1v) is 7.80. The fraction of sp³-hybridized carbons (Fsp3) is 0.150. The molecule has 116 valence electrons. The second-order valence-electron chi connectivity index (χ2n) is 5.46. The molecule has 3 heteroatoms. The maximum Gasteiger partial charge on any atom is 0.0682 e. The molecule has 0 aliphatic rings. The van der Waals surface area contributed by atoms with Crippen molar-refractivity contribution < 1.29 is 5.11 Å². The predicted octanol–water partition coefficient (Wildman–Crippen LogP) is 4.10. The normalized spacial score (nSPS) is 10.5. The highest BCUT2D eigenvalue weighted by molar-refractivity contribution is 5.63. The fourth-order valence-electron chi connectivity index (χ4n) is 2.57. The molecule has 2 aromatic carbocycles. The zero-order valence-corrected chi connectivity index (χ0v) is 12.9. The van der Waals surface area contributed by atoms with Gasteiger partial charge in [0.25, 0.3) is 0 Å². The van der Waals surface area contributed by atoms with E-state index < -0.39 is 0 Å². The maximum absolute atomic E-state index is 9.26. The van der Waals surface area contributed by atoms with Crippen LogP contribution in [-0.4, -0.2) is 10.1 Å². The number of para-hydroxylation sites is 1. The topological polar surface area (TPSA) is 45.1 Å². The fourth-order valence-corrected chi connectivity index (χ4v) is 2.57. The molecule has 1 heterocycles. The first kappa shape index (κ1) is 15.3. The number of hydrogen-bond acceptors (Lipinski definition) is 3. The number of hydrogen-bond donors (Lipinski definition) is 2. The summed E-state index contributed by atoms with van der Waals surface area (Å²) < 4.78 is 0. The van der Waals surface area contributed by atoms with E-state index in [0.717, 1.165) is 35.5 Å². The molecule has 0 aliphatic heterocycles. The largest absolute Gasteiger partial charge is 0.392 e. The minimum atomic E-state index is 0.0524. The predicted molar refractivity (Wildman–Crippen MR) is 93.7 cm³/mol. The van der Waals surface area contributed by atoms with Crippen molar-refractivity contribution in [3.05, 3.63) is 89.7 Å². The molecular weight excluding hydrogens is 284 g/mol. The summed E-state index contributed by atoms with van der Waals surface area (Å²) in [6.07, 6.45) is 3.68. The van der Waals surface area contributed by atoms with Gasteiger partial charge >= 0.3 is 0 Å². The Bertz CT molecular complexity index is 756. The number of aryl methyl sites for hydroxylation is 2. The second-order valence-corrected chi connectivity index (χ2v) is 5.46. The van der Waals surface area contributed by atoms with Gasteiger partial charge in [0, 0.05) is 23.3 Å². The van der Waals surface area contributed by atoms with Gasteiger partial charge in [0.15, 0.2) is 0 Å². The molecule has 3 aromatic rings. The van der Waals surface area contributed by atoms with Gasteiger partial charge in [-0.1, -0.05) is 36.4 Å². The van der Waals surface area contributed by atoms with Crippen molar-refractivity contribution in [3.63, 3.8) is 0 Å². The summed E-state index contributed by atoms with van der Waals surface area (Å²) in [4.78, 5) is 4.38. The number of nitrogens with one attached hydrogen (secondary N) is 1. The molecule has 0 fully saturated rings. The molecule has 0 amide bonds. The molecule has 0 aliphatic carbocycles. The van der Waals surface area contributed by atoms with E-state index in [0.29, 0.717) is 0 Å². The highest BCUT2D eigenvalue weighted by Crippen LogP contribution is 2.23. The van der Waals surface area contributed by atoms with Crippen LogP contribution < -0.4 is 5.32 Å². The number of aliphatic hydroxyl groups excluding tert-OH is 1. The molecule has 0 saturated carbocycles. The third-order valence-corrected chi connectivity index (χ3v) is 3.78. The smallest absolute Gasteiger partial charge is 0.0682 e. The highest BCUT2D eigenvalue weighted by Gasteiger charge is 2.04. The zero-order chi connectivity index (χ0) is 15.9. The summed E-state index contributed by atoms with van der Waals surface area (Å²) in [6.45, 7) is 0.0524. The van der Waals surface area contributed by atoms with E-state index in [4.69, 9.17) is 0 Å². The van der Waals surface area contributed by atoms with Crippen LogP contribution in [-0.2, 0) is 19.4 Å². The standard InChI is InChI=1S/C20H20N2O/c23-15-16-6-5-9-19(14-16)22-20-10-2-1-7-17(20)11-12-18-8-3-4-13-21-18/h1-10,13-14,22-23H,11-12,15H2. The van der Waals surface area contributed by atoms with E-state index in [-0.39, 0.29) is 6.61 Å². The lowest BCUT2D eigenvalue weighted by atomic mass is 10.1. The first-order valence-electron chi connectivity index (χ1n) is 7.80. The number of benzene rings is 2. The van der Waals surface area contributed by atoms with Crippen LogP contribution in [0, 0.1) is 0 Å². The van der Waals surface area contributed by atoms with E-state index >= 15 is 0 Å². The molecule has 3 nitrogen and oxygen atoms in total. The van der Waals surface area contributed by atoms with Gasteiger partial charge in [-0.05, 0) is 54.3 Å². The monoisotopic (exact) mass is 304 g/mol. The van der Waals surface area contributed by atoms with Crippen LogP contribution in [0.5, 0.6) is 0 Å². The average molecular weight is 304 g/mol. The molecule has 1 aromatic heterocycles. The highest BCUT2D eigenvalue weighted by atomic mass is 16.3. The van der Waals surface area contributed by atoms with Gasteiger partial charge in [0.2, 0.25) is 0 Å². The minimum absolute atomic E-state index is 0.0524. The Morgan fingerprint density at radius 1 is 0.870 bits per heavy atom. The summed E-state index contributed by atoms with van der Waals surface area (Å²) in [6, 6.07) is 22.2. The van der Waals surface area contributed by atoms with Gasteiger partial charge in [0.1, 0.15) is 0 Å². The summed E-state index contributed by atoms with van der Waals surface area (Å²) in [7, 11) is 0. The van der Waals surface area contributed by atoms with Gasteiger partial charge in [0.05, 0.1) is 6.61 Å². The van der Waals surface area contributed by atoms with Crippen LogP contribution in [0.4, 0.5) is 11.4 Å². The molecule has 0 saturated heterocycles. The summed E-state index contributed by atoms with van der Waals surface area (Å²) in [5, 5.41) is 12.7. The van der Waals surface area contributed by atoms with Crippen molar-refractivity contribution in [2.75, 3.05) is 5.32 Å². The Hall–Kier alpha value is -2.65. The van der Waals surface area contributed by atoms with E-state index in [2.05, 4.69) is 34.6 Å². The van der Waals surface area contributed by atoms with Crippen molar-refractivity contribution in [2.45, 2.75) is 19.4 Å². The Balaban J connectivity index is 1.75. The van der Waals surface area contributed by atoms with Gasteiger partial charge in [-0.25, -0.2) is 0 Å². The molecule has 2 N–H and O–H groups in total. The van der Waals surface area contributed by atoms with Gasteiger partial charge in [-0.15, -0.1) is 0 Å². The number of aliphatic hydroxyl groups is 1. The van der Waals surface area contributed by atoms with Crippen molar-refractivity contribution in [1.82, 2.24) is 4.98 Å². The quantitative estimate of drug-likeness (QED) is 0.720. The number of aromatic nitrogens is 1. The lowest BCUT2D eigenvalue weighted by Gasteiger charge is -2.12. The zero-order valence-electron chi connectivity index (χ0n) is 12.9. The van der Waals surface area contributed by atoms with E-state index in [1.807, 2.05) is 48.7 Å². The first-order chi connectivity index (χ1) is 11.3. The molecular formula is C20H20N2O. The summed E-state index contributed by atoms with van der Waals surface area (Å²) >= 11 is 0. The van der Waals surface area contributed by atoms with Gasteiger partial charge < -0.3 is 10.4 Å². The van der Waals surface area contributed by atoms with Crippen LogP contribution in [0.15, 0.2) is 72.9 Å². The third kappa shape index (κ3) is 4.18. The molecule has 0 bridgehead atoms.